The van der Waals surface area contributed by atoms with Gasteiger partial charge in [-0.05, 0) is 31.9 Å². The topological polar surface area (TPSA) is 75.7 Å². The van der Waals surface area contributed by atoms with E-state index in [1.54, 1.807) is 13.8 Å². The molecule has 1 aromatic rings. The maximum atomic E-state index is 9.74. The molecule has 4 heteroatoms. The van der Waals surface area contributed by atoms with Gasteiger partial charge in [0.05, 0.1) is 6.10 Å². The number of nitrogen functional groups attached to an aromatic ring is 1. The van der Waals surface area contributed by atoms with Crippen molar-refractivity contribution in [2.24, 2.45) is 0 Å². The van der Waals surface area contributed by atoms with E-state index in [2.05, 4.69) is 0 Å². The first-order chi connectivity index (χ1) is 8.35. The summed E-state index contributed by atoms with van der Waals surface area (Å²) in [5.41, 5.74) is 7.61. The second-order valence-corrected chi connectivity index (χ2v) is 5.03. The molecule has 4 N–H and O–H groups in total. The first-order valence-corrected chi connectivity index (χ1v) is 6.20. The van der Waals surface area contributed by atoms with Crippen LogP contribution < -0.4 is 5.73 Å². The van der Waals surface area contributed by atoms with Gasteiger partial charge < -0.3 is 20.7 Å². The Hall–Kier alpha value is -1.10. The molecule has 0 radical (unpaired) electrons. The molecule has 18 heavy (non-hydrogen) atoms. The largest absolute Gasteiger partial charge is 0.398 e. The van der Waals surface area contributed by atoms with Crippen LogP contribution in [0, 0.1) is 0 Å². The Kier molecular flexibility index (Phi) is 5.14. The van der Waals surface area contributed by atoms with Crippen molar-refractivity contribution in [3.05, 3.63) is 29.8 Å². The molecule has 0 spiro atoms. The molecule has 0 aliphatic heterocycles. The summed E-state index contributed by atoms with van der Waals surface area (Å²) in [6.07, 6.45) is 0.180. The third-order valence-electron chi connectivity index (χ3n) is 2.90. The van der Waals surface area contributed by atoms with Crippen molar-refractivity contribution in [2.45, 2.75) is 45.0 Å². The van der Waals surface area contributed by atoms with Gasteiger partial charge in [-0.15, -0.1) is 0 Å². The molecule has 0 heterocycles. The van der Waals surface area contributed by atoms with Crippen LogP contribution in [0.25, 0.3) is 0 Å². The van der Waals surface area contributed by atoms with Gasteiger partial charge in [0.2, 0.25) is 0 Å². The zero-order valence-corrected chi connectivity index (χ0v) is 11.3. The molecule has 0 bridgehead atoms. The Bertz CT molecular complexity index is 374. The summed E-state index contributed by atoms with van der Waals surface area (Å²) < 4.78 is 5.59. The van der Waals surface area contributed by atoms with Crippen molar-refractivity contribution in [3.63, 3.8) is 0 Å². The van der Waals surface area contributed by atoms with Gasteiger partial charge in [-0.2, -0.15) is 0 Å². The molecule has 0 aliphatic carbocycles. The Morgan fingerprint density at radius 3 is 2.44 bits per heavy atom. The average Bonchev–Trinajstić information content (AvgIpc) is 2.26. The molecule has 0 unspecified atom stereocenters. The number of rotatable bonds is 6. The van der Waals surface area contributed by atoms with Gasteiger partial charge in [0.1, 0.15) is 0 Å². The molecule has 1 rings (SSSR count). The first-order valence-electron chi connectivity index (χ1n) is 6.20. The van der Waals surface area contributed by atoms with Gasteiger partial charge >= 0.3 is 0 Å². The minimum Gasteiger partial charge on any atom is -0.398 e. The van der Waals surface area contributed by atoms with E-state index in [1.807, 2.05) is 31.2 Å². The van der Waals surface area contributed by atoms with Crippen LogP contribution in [0.5, 0.6) is 0 Å². The van der Waals surface area contributed by atoms with E-state index in [1.165, 1.54) is 0 Å². The number of ether oxygens (including phenoxy) is 1. The van der Waals surface area contributed by atoms with Crippen molar-refractivity contribution >= 4 is 5.69 Å². The van der Waals surface area contributed by atoms with Crippen molar-refractivity contribution in [2.75, 3.05) is 12.3 Å². The normalized spacial score (nSPS) is 15.4. The van der Waals surface area contributed by atoms with Crippen molar-refractivity contribution < 1.29 is 14.9 Å². The zero-order chi connectivity index (χ0) is 13.8. The van der Waals surface area contributed by atoms with Crippen LogP contribution in [0.3, 0.4) is 0 Å². The molecule has 0 aliphatic rings. The van der Waals surface area contributed by atoms with Crippen LogP contribution >= 0.6 is 0 Å². The highest BCUT2D eigenvalue weighted by Gasteiger charge is 2.26. The zero-order valence-electron chi connectivity index (χ0n) is 11.3. The fraction of sp³-hybridized carbons (Fsp3) is 0.571. The third-order valence-corrected chi connectivity index (χ3v) is 2.90. The van der Waals surface area contributed by atoms with Gasteiger partial charge in [-0.3, -0.25) is 0 Å². The quantitative estimate of drug-likeness (QED) is 0.534. The van der Waals surface area contributed by atoms with Gasteiger partial charge in [0.15, 0.2) is 5.79 Å². The number of aliphatic hydroxyl groups excluding tert-OH is 1. The van der Waals surface area contributed by atoms with Crippen molar-refractivity contribution in [1.29, 1.82) is 0 Å². The molecular weight excluding hydrogens is 230 g/mol. The average molecular weight is 253 g/mol. The summed E-state index contributed by atoms with van der Waals surface area (Å²) in [5.74, 6) is -1.22. The summed E-state index contributed by atoms with van der Waals surface area (Å²) in [6, 6.07) is 7.58. The standard InChI is InChI=1S/C14H23NO3/c1-10(11-6-4-5-7-12(11)15)13(8-9-16)18-14(2,3)17/h4-7,10,13,16-17H,8-9,15H2,1-3H3/t10-,13-/m1/s1. The fourth-order valence-corrected chi connectivity index (χ4v) is 2.03. The molecule has 2 atom stereocenters. The SMILES string of the molecule is C[C@H](c1ccccc1N)[C@@H](CCO)OC(C)(C)O. The lowest BCUT2D eigenvalue weighted by atomic mass is 9.92. The number of nitrogens with two attached hydrogens (primary N) is 1. The van der Waals surface area contributed by atoms with Crippen molar-refractivity contribution in [3.8, 4) is 0 Å². The van der Waals surface area contributed by atoms with Gasteiger partial charge in [-0.25, -0.2) is 0 Å². The second kappa shape index (κ2) is 6.18. The van der Waals surface area contributed by atoms with E-state index >= 15 is 0 Å². The highest BCUT2D eigenvalue weighted by molar-refractivity contribution is 5.48. The van der Waals surface area contributed by atoms with E-state index in [0.29, 0.717) is 12.1 Å². The lowest BCUT2D eigenvalue weighted by Crippen LogP contribution is -2.34. The van der Waals surface area contributed by atoms with E-state index in [-0.39, 0.29) is 18.6 Å². The van der Waals surface area contributed by atoms with Crippen LogP contribution in [0.15, 0.2) is 24.3 Å². The molecule has 0 amide bonds. The Morgan fingerprint density at radius 2 is 1.94 bits per heavy atom. The number of benzene rings is 1. The molecule has 0 saturated heterocycles. The van der Waals surface area contributed by atoms with Gasteiger partial charge in [-0.1, -0.05) is 25.1 Å². The smallest absolute Gasteiger partial charge is 0.160 e. The second-order valence-electron chi connectivity index (χ2n) is 5.03. The third kappa shape index (κ3) is 4.29. The summed E-state index contributed by atoms with van der Waals surface area (Å²) in [6.45, 7) is 5.16. The fourth-order valence-electron chi connectivity index (χ4n) is 2.03. The summed E-state index contributed by atoms with van der Waals surface area (Å²) in [5, 5.41) is 18.9. The molecule has 102 valence electrons. The van der Waals surface area contributed by atoms with Crippen LogP contribution in [0.1, 0.15) is 38.7 Å². The Labute approximate surface area is 108 Å². The summed E-state index contributed by atoms with van der Waals surface area (Å²) >= 11 is 0. The number of hydrogen-bond acceptors (Lipinski definition) is 4. The molecule has 0 fully saturated rings. The number of para-hydroxylation sites is 1. The number of aliphatic hydroxyl groups is 2. The first kappa shape index (κ1) is 15.0. The predicted molar refractivity (Wildman–Crippen MR) is 72.1 cm³/mol. The lowest BCUT2D eigenvalue weighted by molar-refractivity contribution is -0.212. The van der Waals surface area contributed by atoms with E-state index in [0.717, 1.165) is 5.56 Å². The lowest BCUT2D eigenvalue weighted by Gasteiger charge is -2.31. The highest BCUT2D eigenvalue weighted by atomic mass is 16.6. The molecule has 0 saturated carbocycles. The Morgan fingerprint density at radius 1 is 1.33 bits per heavy atom. The Balaban J connectivity index is 2.89. The van der Waals surface area contributed by atoms with Crippen LogP contribution in [-0.2, 0) is 4.74 Å². The maximum absolute atomic E-state index is 9.74. The molecule has 4 nitrogen and oxygen atoms in total. The van der Waals surface area contributed by atoms with E-state index in [4.69, 9.17) is 15.6 Å². The van der Waals surface area contributed by atoms with Crippen LogP contribution in [0.4, 0.5) is 5.69 Å². The van der Waals surface area contributed by atoms with Crippen LogP contribution in [-0.4, -0.2) is 28.7 Å². The van der Waals surface area contributed by atoms with E-state index in [9.17, 15) is 5.11 Å². The number of hydrogen-bond donors (Lipinski definition) is 3. The molecule has 0 aromatic heterocycles. The predicted octanol–water partition coefficient (Wildman–Crippen LogP) is 1.87. The van der Waals surface area contributed by atoms with Gasteiger partial charge in [0.25, 0.3) is 0 Å². The highest BCUT2D eigenvalue weighted by Crippen LogP contribution is 2.29. The monoisotopic (exact) mass is 253 g/mol. The number of anilines is 1. The minimum absolute atomic E-state index is 0.00442. The van der Waals surface area contributed by atoms with Gasteiger partial charge in [0, 0.05) is 18.2 Å². The maximum Gasteiger partial charge on any atom is 0.160 e. The van der Waals surface area contributed by atoms with E-state index < -0.39 is 5.79 Å². The summed E-state index contributed by atoms with van der Waals surface area (Å²) in [4.78, 5) is 0. The minimum atomic E-state index is -1.22. The molecular formula is C14H23NO3. The van der Waals surface area contributed by atoms with Crippen LogP contribution in [0.2, 0.25) is 0 Å². The molecule has 1 aromatic carbocycles. The summed E-state index contributed by atoms with van der Waals surface area (Å²) in [7, 11) is 0. The van der Waals surface area contributed by atoms with Crippen molar-refractivity contribution in [1.82, 2.24) is 0 Å².